The molecule has 0 rings (SSSR count). The number of unbranched alkanes of at least 4 members (excludes halogenated alkanes) is 1. The van der Waals surface area contributed by atoms with Gasteiger partial charge >= 0.3 is 17.8 Å². The summed E-state index contributed by atoms with van der Waals surface area (Å²) >= 11 is 0. The van der Waals surface area contributed by atoms with Gasteiger partial charge in [0, 0.05) is 0 Å². The van der Waals surface area contributed by atoms with Gasteiger partial charge in [-0.15, -0.1) is 0 Å². The molecule has 0 radical (unpaired) electrons. The lowest BCUT2D eigenvalue weighted by Gasteiger charge is -2.33. The molecular weight excluding hydrogens is 292 g/mol. The van der Waals surface area contributed by atoms with Crippen LogP contribution in [0.2, 0.25) is 51.9 Å². The van der Waals surface area contributed by atoms with Crippen molar-refractivity contribution < 1.29 is 12.3 Å². The SMILES string of the molecule is CCCC[SiH](O[Si](C)(C)C)O[Si](C)(C)O[SiH](C)C. The third-order valence-electron chi connectivity index (χ3n) is 2.21. The first-order valence-corrected chi connectivity index (χ1v) is 17.9. The van der Waals surface area contributed by atoms with Crippen molar-refractivity contribution in [3.8, 4) is 0 Å². The van der Waals surface area contributed by atoms with Crippen LogP contribution in [-0.4, -0.2) is 35.2 Å². The van der Waals surface area contributed by atoms with Gasteiger partial charge in [-0.2, -0.15) is 0 Å². The van der Waals surface area contributed by atoms with Crippen LogP contribution in [0, 0.1) is 0 Å². The Balaban J connectivity index is 4.46. The molecule has 0 bridgehead atoms. The van der Waals surface area contributed by atoms with Crippen molar-refractivity contribution in [2.45, 2.75) is 71.6 Å². The molecule has 7 heteroatoms. The van der Waals surface area contributed by atoms with Crippen LogP contribution in [0.3, 0.4) is 0 Å². The van der Waals surface area contributed by atoms with Gasteiger partial charge in [0.1, 0.15) is 0 Å². The molecule has 1 atom stereocenters. The monoisotopic (exact) mass is 324 g/mol. The minimum Gasteiger partial charge on any atom is -0.440 e. The molecule has 0 saturated heterocycles. The second-order valence-electron chi connectivity index (χ2n) is 6.49. The third-order valence-corrected chi connectivity index (χ3v) is 14.5. The molecule has 1 unspecified atom stereocenters. The van der Waals surface area contributed by atoms with Gasteiger partial charge in [-0.25, -0.2) is 0 Å². The van der Waals surface area contributed by atoms with Crippen molar-refractivity contribution in [2.75, 3.05) is 0 Å². The van der Waals surface area contributed by atoms with Gasteiger partial charge in [0.25, 0.3) is 0 Å². The Labute approximate surface area is 119 Å². The van der Waals surface area contributed by atoms with Crippen LogP contribution in [0.25, 0.3) is 0 Å². The summed E-state index contributed by atoms with van der Waals surface area (Å²) in [5.41, 5.74) is 0. The largest absolute Gasteiger partial charge is 0.440 e. The molecule has 18 heavy (non-hydrogen) atoms. The lowest BCUT2D eigenvalue weighted by molar-refractivity contribution is 0.350. The minimum atomic E-state index is -1.96. The zero-order chi connectivity index (χ0) is 14.4. The Morgan fingerprint density at radius 1 is 0.889 bits per heavy atom. The molecule has 0 fully saturated rings. The van der Waals surface area contributed by atoms with Gasteiger partial charge in [-0.1, -0.05) is 19.8 Å². The van der Waals surface area contributed by atoms with Crippen LogP contribution in [0.1, 0.15) is 19.8 Å². The van der Waals surface area contributed by atoms with Gasteiger partial charge in [0.15, 0.2) is 17.4 Å². The van der Waals surface area contributed by atoms with Crippen LogP contribution in [0.5, 0.6) is 0 Å². The topological polar surface area (TPSA) is 27.7 Å². The van der Waals surface area contributed by atoms with Gasteiger partial charge in [0.05, 0.1) is 0 Å². The highest BCUT2D eigenvalue weighted by Gasteiger charge is 2.33. The summed E-state index contributed by atoms with van der Waals surface area (Å²) < 4.78 is 18.7. The summed E-state index contributed by atoms with van der Waals surface area (Å²) in [6.07, 6.45) is 2.43. The van der Waals surface area contributed by atoms with Crippen molar-refractivity contribution in [1.82, 2.24) is 0 Å². The molecule has 0 heterocycles. The van der Waals surface area contributed by atoms with Crippen molar-refractivity contribution >= 4 is 35.2 Å². The van der Waals surface area contributed by atoms with Crippen molar-refractivity contribution in [3.63, 3.8) is 0 Å². The predicted octanol–water partition coefficient (Wildman–Crippen LogP) is 3.58. The highest BCUT2D eigenvalue weighted by molar-refractivity contribution is 6.81. The second kappa shape index (κ2) is 8.13. The first-order chi connectivity index (χ1) is 8.06. The molecule has 0 aromatic heterocycles. The number of rotatable bonds is 9. The highest BCUT2D eigenvalue weighted by atomic mass is 28.5. The van der Waals surface area contributed by atoms with E-state index >= 15 is 0 Å². The lowest BCUT2D eigenvalue weighted by Crippen LogP contribution is -2.47. The molecule has 110 valence electrons. The summed E-state index contributed by atoms with van der Waals surface area (Å²) in [6.45, 7) is 17.7. The molecular formula is C11H32O3Si4. The third kappa shape index (κ3) is 10.7. The Bertz CT molecular complexity index is 229. The second-order valence-corrected chi connectivity index (χ2v) is 19.9. The molecule has 3 nitrogen and oxygen atoms in total. The summed E-state index contributed by atoms with van der Waals surface area (Å²) in [4.78, 5) is 0. The summed E-state index contributed by atoms with van der Waals surface area (Å²) in [6, 6.07) is 1.13. The quantitative estimate of drug-likeness (QED) is 0.607. The van der Waals surface area contributed by atoms with Crippen LogP contribution in [0.4, 0.5) is 0 Å². The van der Waals surface area contributed by atoms with Crippen LogP contribution >= 0.6 is 0 Å². The standard InChI is InChI=1S/C11H32O3Si4/c1-9-10-11-16(13-17(4,5)6)14-18(7,8)12-15(2)3/h15-16H,9-11H2,1-8H3. The van der Waals surface area contributed by atoms with E-state index in [9.17, 15) is 0 Å². The number of hydrogen-bond donors (Lipinski definition) is 0. The Morgan fingerprint density at radius 3 is 1.83 bits per heavy atom. The van der Waals surface area contributed by atoms with E-state index in [2.05, 4.69) is 52.8 Å². The zero-order valence-electron chi connectivity index (χ0n) is 13.5. The van der Waals surface area contributed by atoms with Crippen LogP contribution < -0.4 is 0 Å². The normalized spacial score (nSPS) is 15.2. The first kappa shape index (κ1) is 18.7. The Morgan fingerprint density at radius 2 is 1.44 bits per heavy atom. The summed E-state index contributed by atoms with van der Waals surface area (Å²) in [5.74, 6) is 0. The molecule has 0 aliphatic heterocycles. The fourth-order valence-corrected chi connectivity index (χ4v) is 15.1. The average Bonchev–Trinajstić information content (AvgIpc) is 2.08. The van der Waals surface area contributed by atoms with Crippen molar-refractivity contribution in [2.24, 2.45) is 0 Å². The molecule has 0 amide bonds. The predicted molar refractivity (Wildman–Crippen MR) is 89.8 cm³/mol. The maximum Gasteiger partial charge on any atom is 0.312 e. The van der Waals surface area contributed by atoms with E-state index in [-0.39, 0.29) is 0 Å². The van der Waals surface area contributed by atoms with Gasteiger partial charge in [-0.3, -0.25) is 0 Å². The maximum absolute atomic E-state index is 6.33. The van der Waals surface area contributed by atoms with E-state index < -0.39 is 35.2 Å². The van der Waals surface area contributed by atoms with E-state index in [1.54, 1.807) is 0 Å². The molecule has 0 aliphatic carbocycles. The molecule has 0 N–H and O–H groups in total. The van der Waals surface area contributed by atoms with Crippen molar-refractivity contribution in [3.05, 3.63) is 0 Å². The summed E-state index contributed by atoms with van der Waals surface area (Å²) in [7, 11) is -6.01. The van der Waals surface area contributed by atoms with Gasteiger partial charge in [0.2, 0.25) is 0 Å². The van der Waals surface area contributed by atoms with Gasteiger partial charge < -0.3 is 12.3 Å². The molecule has 0 aromatic carbocycles. The Kier molecular flexibility index (Phi) is 8.47. The van der Waals surface area contributed by atoms with E-state index in [1.807, 2.05) is 0 Å². The Hall–Kier alpha value is 0.748. The highest BCUT2D eigenvalue weighted by Crippen LogP contribution is 2.17. The minimum absolute atomic E-state index is 1.02. The van der Waals surface area contributed by atoms with E-state index in [0.717, 1.165) is 6.04 Å². The zero-order valence-corrected chi connectivity index (χ0v) is 17.8. The number of hydrogen-bond acceptors (Lipinski definition) is 3. The molecule has 0 saturated carbocycles. The lowest BCUT2D eigenvalue weighted by atomic mass is 10.4. The van der Waals surface area contributed by atoms with E-state index in [0.29, 0.717) is 0 Å². The van der Waals surface area contributed by atoms with Gasteiger partial charge in [-0.05, 0) is 51.9 Å². The molecule has 0 aliphatic rings. The first-order valence-electron chi connectivity index (χ1n) is 7.09. The average molecular weight is 325 g/mol. The fourth-order valence-electron chi connectivity index (χ4n) is 1.82. The van der Waals surface area contributed by atoms with E-state index in [1.165, 1.54) is 12.8 Å². The smallest absolute Gasteiger partial charge is 0.312 e. The van der Waals surface area contributed by atoms with Crippen molar-refractivity contribution in [1.29, 1.82) is 0 Å². The summed E-state index contributed by atoms with van der Waals surface area (Å²) in [5, 5.41) is 0. The molecule has 0 aromatic rings. The van der Waals surface area contributed by atoms with E-state index in [4.69, 9.17) is 12.3 Å². The fraction of sp³-hybridized carbons (Fsp3) is 1.00. The van der Waals surface area contributed by atoms with Crippen LogP contribution in [-0.2, 0) is 12.3 Å². The molecule has 0 spiro atoms. The maximum atomic E-state index is 6.33. The van der Waals surface area contributed by atoms with Crippen LogP contribution in [0.15, 0.2) is 0 Å².